The van der Waals surface area contributed by atoms with Crippen LogP contribution in [0.15, 0.2) is 45.5 Å². The molecule has 1 amide bonds. The zero-order chi connectivity index (χ0) is 15.5. The fourth-order valence-electron chi connectivity index (χ4n) is 1.66. The van der Waals surface area contributed by atoms with Gasteiger partial charge in [0.2, 0.25) is 0 Å². The van der Waals surface area contributed by atoms with Crippen molar-refractivity contribution >= 4 is 38.8 Å². The van der Waals surface area contributed by atoms with Crippen molar-refractivity contribution in [2.24, 2.45) is 5.84 Å². The van der Waals surface area contributed by atoms with E-state index >= 15 is 0 Å². The van der Waals surface area contributed by atoms with E-state index in [-0.39, 0.29) is 5.91 Å². The number of nitrogen functional groups attached to an aromatic ring is 1. The second-order valence-corrected chi connectivity index (χ2v) is 8.26. The number of thioether (sulfide) groups is 1. The van der Waals surface area contributed by atoms with E-state index in [0.29, 0.717) is 15.5 Å². The number of hydrogen-bond donors (Lipinski definition) is 2. The number of rotatable bonds is 5. The number of sulfone groups is 1. The average Bonchev–Trinajstić information content (AvgIpc) is 2.92. The number of hydrazine groups is 1. The molecular formula is C13H14N2O3S3. The molecule has 0 aliphatic heterocycles. The lowest BCUT2D eigenvalue weighted by molar-refractivity contribution is 0.0957. The third-order valence-corrected chi connectivity index (χ3v) is 5.88. The molecule has 0 radical (unpaired) electrons. The molecule has 2 rings (SSSR count). The quantitative estimate of drug-likeness (QED) is 0.376. The highest BCUT2D eigenvalue weighted by Gasteiger charge is 2.12. The lowest BCUT2D eigenvalue weighted by Crippen LogP contribution is -2.29. The Morgan fingerprint density at radius 2 is 1.95 bits per heavy atom. The van der Waals surface area contributed by atoms with Crippen molar-refractivity contribution in [3.63, 3.8) is 0 Å². The van der Waals surface area contributed by atoms with Crippen molar-refractivity contribution in [1.29, 1.82) is 0 Å². The predicted octanol–water partition coefficient (Wildman–Crippen LogP) is 2.05. The Morgan fingerprint density at radius 3 is 2.52 bits per heavy atom. The third-order valence-electron chi connectivity index (χ3n) is 2.73. The topological polar surface area (TPSA) is 89.3 Å². The largest absolute Gasteiger partial charge is 0.289 e. The van der Waals surface area contributed by atoms with Crippen molar-refractivity contribution in [3.8, 4) is 0 Å². The summed E-state index contributed by atoms with van der Waals surface area (Å²) in [5, 5.41) is 1.84. The zero-order valence-electron chi connectivity index (χ0n) is 11.2. The van der Waals surface area contributed by atoms with E-state index in [9.17, 15) is 13.2 Å². The third kappa shape index (κ3) is 4.07. The first-order chi connectivity index (χ1) is 9.91. The lowest BCUT2D eigenvalue weighted by atomic mass is 10.3. The average molecular weight is 342 g/mol. The maximum Gasteiger partial charge on any atom is 0.275 e. The molecule has 1 heterocycles. The summed E-state index contributed by atoms with van der Waals surface area (Å²) in [6, 6.07) is 8.57. The van der Waals surface area contributed by atoms with Gasteiger partial charge in [-0.2, -0.15) is 0 Å². The first kappa shape index (κ1) is 16.0. The Kier molecular flexibility index (Phi) is 5.04. The van der Waals surface area contributed by atoms with E-state index in [1.165, 1.54) is 29.4 Å². The Bertz CT molecular complexity index is 736. The van der Waals surface area contributed by atoms with E-state index < -0.39 is 9.84 Å². The van der Waals surface area contributed by atoms with Gasteiger partial charge in [-0.3, -0.25) is 10.2 Å². The number of carbonyl (C=O) groups excluding carboxylic acids is 1. The molecule has 0 unspecified atom stereocenters. The zero-order valence-corrected chi connectivity index (χ0v) is 13.6. The highest BCUT2D eigenvalue weighted by molar-refractivity contribution is 7.98. The molecule has 0 aliphatic carbocycles. The van der Waals surface area contributed by atoms with Crippen molar-refractivity contribution in [2.45, 2.75) is 15.5 Å². The van der Waals surface area contributed by atoms with Crippen LogP contribution in [0.4, 0.5) is 0 Å². The maximum atomic E-state index is 11.6. The van der Waals surface area contributed by atoms with Crippen LogP contribution in [0.2, 0.25) is 0 Å². The van der Waals surface area contributed by atoms with Crippen LogP contribution >= 0.6 is 23.1 Å². The number of hydrogen-bond acceptors (Lipinski definition) is 6. The van der Waals surface area contributed by atoms with Crippen LogP contribution in [-0.2, 0) is 15.6 Å². The van der Waals surface area contributed by atoms with Gasteiger partial charge in [-0.1, -0.05) is 0 Å². The van der Waals surface area contributed by atoms with Crippen LogP contribution in [0.5, 0.6) is 0 Å². The molecule has 0 saturated carbocycles. The summed E-state index contributed by atoms with van der Waals surface area (Å²) in [7, 11) is -3.17. The molecule has 0 atom stereocenters. The molecule has 3 N–H and O–H groups in total. The summed E-state index contributed by atoms with van der Waals surface area (Å²) in [5.41, 5.74) is 3.03. The van der Waals surface area contributed by atoms with E-state index in [1.807, 2.05) is 11.4 Å². The molecule has 0 aliphatic rings. The molecule has 0 spiro atoms. The molecule has 21 heavy (non-hydrogen) atoms. The van der Waals surface area contributed by atoms with Crippen molar-refractivity contribution < 1.29 is 13.2 Å². The maximum absolute atomic E-state index is 11.6. The fourth-order valence-corrected chi connectivity index (χ4v) is 4.10. The van der Waals surface area contributed by atoms with Gasteiger partial charge >= 0.3 is 0 Å². The van der Waals surface area contributed by atoms with Gasteiger partial charge in [0.25, 0.3) is 5.91 Å². The first-order valence-corrected chi connectivity index (χ1v) is 9.67. The summed E-state index contributed by atoms with van der Waals surface area (Å²) in [6.45, 7) is 0. The number of nitrogens with two attached hydrogens (primary N) is 1. The molecule has 2 aromatic rings. The predicted molar refractivity (Wildman–Crippen MR) is 85.1 cm³/mol. The van der Waals surface area contributed by atoms with Gasteiger partial charge in [0.15, 0.2) is 9.84 Å². The molecule has 0 saturated heterocycles. The Hall–Kier alpha value is -1.35. The number of benzene rings is 1. The summed E-state index contributed by atoms with van der Waals surface area (Å²) in [5.74, 6) is 5.46. The van der Waals surface area contributed by atoms with Gasteiger partial charge in [-0.25, -0.2) is 14.3 Å². The highest BCUT2D eigenvalue weighted by Crippen LogP contribution is 2.27. The Labute approximate surface area is 131 Å². The summed E-state index contributed by atoms with van der Waals surface area (Å²) in [4.78, 5) is 13.4. The van der Waals surface area contributed by atoms with E-state index in [0.717, 1.165) is 10.5 Å². The molecule has 5 nitrogen and oxygen atoms in total. The monoisotopic (exact) mass is 342 g/mol. The molecule has 0 fully saturated rings. The minimum Gasteiger partial charge on any atom is -0.289 e. The van der Waals surface area contributed by atoms with Crippen LogP contribution < -0.4 is 11.3 Å². The number of carbonyl (C=O) groups is 1. The second kappa shape index (κ2) is 6.61. The van der Waals surface area contributed by atoms with Crippen LogP contribution in [-0.4, -0.2) is 20.6 Å². The van der Waals surface area contributed by atoms with Crippen molar-refractivity contribution in [1.82, 2.24) is 5.43 Å². The number of thiophene rings is 1. The summed E-state index contributed by atoms with van der Waals surface area (Å²) in [6.07, 6.45) is 1.18. The smallest absolute Gasteiger partial charge is 0.275 e. The summed E-state index contributed by atoms with van der Waals surface area (Å²) < 4.78 is 22.8. The second-order valence-electron chi connectivity index (χ2n) is 4.28. The molecule has 112 valence electrons. The van der Waals surface area contributed by atoms with Crippen LogP contribution in [0.3, 0.4) is 0 Å². The van der Waals surface area contributed by atoms with Crippen molar-refractivity contribution in [3.05, 3.63) is 46.2 Å². The fraction of sp³-hybridized carbons (Fsp3) is 0.154. The Balaban J connectivity index is 2.07. The standard InChI is InChI=1S/C13H14N2O3S3/c1-21(17,18)11-4-2-10(3-5-11)20-8-9-6-7-19-12(9)13(16)15-14/h2-7H,8,14H2,1H3,(H,15,16). The van der Waals surface area contributed by atoms with E-state index in [1.54, 1.807) is 24.3 Å². The van der Waals surface area contributed by atoms with Gasteiger partial charge in [0.05, 0.1) is 9.77 Å². The lowest BCUT2D eigenvalue weighted by Gasteiger charge is -2.04. The van der Waals surface area contributed by atoms with Gasteiger partial charge < -0.3 is 0 Å². The van der Waals surface area contributed by atoms with Crippen LogP contribution in [0.1, 0.15) is 15.2 Å². The molecule has 8 heteroatoms. The SMILES string of the molecule is CS(=O)(=O)c1ccc(SCc2ccsc2C(=O)NN)cc1. The summed E-state index contributed by atoms with van der Waals surface area (Å²) >= 11 is 2.87. The van der Waals surface area contributed by atoms with E-state index in [4.69, 9.17) is 5.84 Å². The Morgan fingerprint density at radius 1 is 1.29 bits per heavy atom. The minimum atomic E-state index is -3.17. The van der Waals surface area contributed by atoms with Gasteiger partial charge in [0.1, 0.15) is 0 Å². The van der Waals surface area contributed by atoms with Gasteiger partial charge in [-0.05, 0) is 41.3 Å². The minimum absolute atomic E-state index is 0.297. The van der Waals surface area contributed by atoms with Gasteiger partial charge in [0, 0.05) is 16.9 Å². The van der Waals surface area contributed by atoms with Crippen LogP contribution in [0.25, 0.3) is 0 Å². The molecular weight excluding hydrogens is 328 g/mol. The van der Waals surface area contributed by atoms with Crippen LogP contribution in [0, 0.1) is 0 Å². The molecule has 1 aromatic heterocycles. The highest BCUT2D eigenvalue weighted by atomic mass is 32.2. The molecule has 0 bridgehead atoms. The molecule has 1 aromatic carbocycles. The van der Waals surface area contributed by atoms with E-state index in [2.05, 4.69) is 5.43 Å². The normalized spacial score (nSPS) is 11.3. The number of amides is 1. The van der Waals surface area contributed by atoms with Crippen molar-refractivity contribution in [2.75, 3.05) is 6.26 Å². The first-order valence-electron chi connectivity index (χ1n) is 5.92. The number of nitrogens with one attached hydrogen (secondary N) is 1. The van der Waals surface area contributed by atoms with Gasteiger partial charge in [-0.15, -0.1) is 23.1 Å².